The lowest BCUT2D eigenvalue weighted by molar-refractivity contribution is 0.638. The second-order valence-corrected chi connectivity index (χ2v) is 3.21. The summed E-state index contributed by atoms with van der Waals surface area (Å²) in [5, 5.41) is 0. The van der Waals surface area contributed by atoms with E-state index >= 15 is 0 Å². The molecule has 0 atom stereocenters. The van der Waals surface area contributed by atoms with E-state index in [1.807, 2.05) is 0 Å². The molecule has 0 N–H and O–H groups in total. The van der Waals surface area contributed by atoms with Gasteiger partial charge in [-0.2, -0.15) is 0 Å². The summed E-state index contributed by atoms with van der Waals surface area (Å²) in [7, 11) is 0. The summed E-state index contributed by atoms with van der Waals surface area (Å²) in [6, 6.07) is 0. The molecule has 0 bridgehead atoms. The first-order valence-electron chi connectivity index (χ1n) is 3.74. The van der Waals surface area contributed by atoms with Gasteiger partial charge < -0.3 is 0 Å². The van der Waals surface area contributed by atoms with E-state index in [0.29, 0.717) is 0 Å². The summed E-state index contributed by atoms with van der Waals surface area (Å²) < 4.78 is 0. The highest BCUT2D eigenvalue weighted by Crippen LogP contribution is 2.38. The summed E-state index contributed by atoms with van der Waals surface area (Å²) in [6.45, 7) is 2.33. The van der Waals surface area contributed by atoms with Crippen LogP contribution >= 0.6 is 0 Å². The molecular formula is C9H12. The van der Waals surface area contributed by atoms with Crippen molar-refractivity contribution in [3.63, 3.8) is 0 Å². The average molecular weight is 120 g/mol. The standard InChI is InChI=1S/C9H12/c1-7-5-8-3-2-4-9(8)6-7/h3-4,7H,2,5-6H2,1H3. The zero-order valence-electron chi connectivity index (χ0n) is 5.85. The Labute approximate surface area is 56.3 Å². The van der Waals surface area contributed by atoms with Crippen LogP contribution in [-0.2, 0) is 0 Å². The molecule has 48 valence electrons. The number of hydrogen-bond donors (Lipinski definition) is 0. The molecule has 0 aromatic heterocycles. The molecule has 1 saturated carbocycles. The van der Waals surface area contributed by atoms with Crippen LogP contribution in [0.2, 0.25) is 0 Å². The van der Waals surface area contributed by atoms with E-state index in [1.54, 1.807) is 11.1 Å². The third-order valence-electron chi connectivity index (χ3n) is 2.28. The molecule has 0 spiro atoms. The Balaban J connectivity index is 2.28. The van der Waals surface area contributed by atoms with Gasteiger partial charge in [0.25, 0.3) is 0 Å². The van der Waals surface area contributed by atoms with Gasteiger partial charge in [0.2, 0.25) is 0 Å². The van der Waals surface area contributed by atoms with Gasteiger partial charge in [-0.15, -0.1) is 0 Å². The molecule has 0 aliphatic heterocycles. The minimum atomic E-state index is 0.919. The van der Waals surface area contributed by atoms with Crippen LogP contribution in [0.3, 0.4) is 0 Å². The third-order valence-corrected chi connectivity index (χ3v) is 2.28. The van der Waals surface area contributed by atoms with Gasteiger partial charge >= 0.3 is 0 Å². The fourth-order valence-electron chi connectivity index (χ4n) is 1.86. The average Bonchev–Trinajstić information content (AvgIpc) is 2.22. The van der Waals surface area contributed by atoms with Crippen molar-refractivity contribution >= 4 is 0 Å². The highest BCUT2D eigenvalue weighted by molar-refractivity contribution is 5.40. The van der Waals surface area contributed by atoms with Gasteiger partial charge in [0, 0.05) is 0 Å². The molecular weight excluding hydrogens is 108 g/mol. The highest BCUT2D eigenvalue weighted by Gasteiger charge is 2.21. The molecule has 2 aliphatic carbocycles. The Hall–Kier alpha value is -0.520. The lowest BCUT2D eigenvalue weighted by Crippen LogP contribution is -1.81. The Bertz CT molecular complexity index is 164. The van der Waals surface area contributed by atoms with Crippen molar-refractivity contribution in [1.82, 2.24) is 0 Å². The van der Waals surface area contributed by atoms with Gasteiger partial charge in [0.1, 0.15) is 0 Å². The summed E-state index contributed by atoms with van der Waals surface area (Å²) in [6.07, 6.45) is 8.63. The van der Waals surface area contributed by atoms with Crippen LogP contribution in [0.25, 0.3) is 0 Å². The Morgan fingerprint density at radius 1 is 1.22 bits per heavy atom. The van der Waals surface area contributed by atoms with E-state index in [-0.39, 0.29) is 0 Å². The van der Waals surface area contributed by atoms with Gasteiger partial charge in [-0.3, -0.25) is 0 Å². The van der Waals surface area contributed by atoms with Crippen LogP contribution in [0.1, 0.15) is 26.2 Å². The second-order valence-electron chi connectivity index (χ2n) is 3.21. The predicted octanol–water partition coefficient (Wildman–Crippen LogP) is 2.67. The number of rotatable bonds is 0. The monoisotopic (exact) mass is 120 g/mol. The molecule has 2 rings (SSSR count). The Morgan fingerprint density at radius 2 is 1.78 bits per heavy atom. The van der Waals surface area contributed by atoms with Crippen LogP contribution in [0.15, 0.2) is 23.3 Å². The number of fused-ring (bicyclic) bond motifs is 1. The number of allylic oxidation sites excluding steroid dienone is 4. The molecule has 0 heterocycles. The van der Waals surface area contributed by atoms with Crippen LogP contribution in [0, 0.1) is 5.92 Å². The molecule has 9 heavy (non-hydrogen) atoms. The van der Waals surface area contributed by atoms with E-state index in [2.05, 4.69) is 19.1 Å². The molecule has 2 aliphatic rings. The van der Waals surface area contributed by atoms with Crippen LogP contribution < -0.4 is 0 Å². The first-order chi connectivity index (χ1) is 4.36. The normalized spacial score (nSPS) is 25.9. The molecule has 0 heteroatoms. The van der Waals surface area contributed by atoms with Gasteiger partial charge in [0.15, 0.2) is 0 Å². The molecule has 0 radical (unpaired) electrons. The minimum Gasteiger partial charge on any atom is -0.0772 e. The molecule has 0 aromatic rings. The van der Waals surface area contributed by atoms with Gasteiger partial charge in [-0.1, -0.05) is 19.1 Å². The summed E-state index contributed by atoms with van der Waals surface area (Å²) >= 11 is 0. The van der Waals surface area contributed by atoms with Gasteiger partial charge in [-0.25, -0.2) is 0 Å². The quantitative estimate of drug-likeness (QED) is 0.461. The fourth-order valence-corrected chi connectivity index (χ4v) is 1.86. The maximum Gasteiger partial charge on any atom is -0.0157 e. The van der Waals surface area contributed by atoms with Crippen LogP contribution in [0.5, 0.6) is 0 Å². The van der Waals surface area contributed by atoms with Gasteiger partial charge in [0.05, 0.1) is 0 Å². The summed E-state index contributed by atoms with van der Waals surface area (Å²) in [4.78, 5) is 0. The summed E-state index contributed by atoms with van der Waals surface area (Å²) in [5.41, 5.74) is 3.28. The van der Waals surface area contributed by atoms with Crippen molar-refractivity contribution < 1.29 is 0 Å². The smallest absolute Gasteiger partial charge is 0.0157 e. The van der Waals surface area contributed by atoms with Gasteiger partial charge in [-0.05, 0) is 36.3 Å². The van der Waals surface area contributed by atoms with E-state index in [0.717, 1.165) is 5.92 Å². The van der Waals surface area contributed by atoms with Crippen molar-refractivity contribution in [2.75, 3.05) is 0 Å². The lowest BCUT2D eigenvalue weighted by Gasteiger charge is -1.93. The Morgan fingerprint density at radius 3 is 2.33 bits per heavy atom. The predicted molar refractivity (Wildman–Crippen MR) is 39.2 cm³/mol. The lowest BCUT2D eigenvalue weighted by atomic mass is 10.1. The maximum absolute atomic E-state index is 2.37. The molecule has 0 saturated heterocycles. The van der Waals surface area contributed by atoms with E-state index < -0.39 is 0 Å². The van der Waals surface area contributed by atoms with Crippen molar-refractivity contribution in [2.45, 2.75) is 26.2 Å². The van der Waals surface area contributed by atoms with E-state index in [9.17, 15) is 0 Å². The number of hydrogen-bond acceptors (Lipinski definition) is 0. The first kappa shape index (κ1) is 5.28. The van der Waals surface area contributed by atoms with Crippen molar-refractivity contribution in [3.05, 3.63) is 23.3 Å². The zero-order chi connectivity index (χ0) is 6.27. The maximum atomic E-state index is 2.37. The zero-order valence-corrected chi connectivity index (χ0v) is 5.85. The third kappa shape index (κ3) is 0.735. The van der Waals surface area contributed by atoms with E-state index in [4.69, 9.17) is 0 Å². The molecule has 0 nitrogen and oxygen atoms in total. The summed E-state index contributed by atoms with van der Waals surface area (Å²) in [5.74, 6) is 0.919. The van der Waals surface area contributed by atoms with Crippen molar-refractivity contribution in [2.24, 2.45) is 5.92 Å². The first-order valence-corrected chi connectivity index (χ1v) is 3.74. The highest BCUT2D eigenvalue weighted by atomic mass is 14.3. The van der Waals surface area contributed by atoms with Crippen LogP contribution in [0.4, 0.5) is 0 Å². The van der Waals surface area contributed by atoms with E-state index in [1.165, 1.54) is 19.3 Å². The molecule has 0 amide bonds. The SMILES string of the molecule is CC1CC2=CCC=C2C1. The second kappa shape index (κ2) is 1.73. The fraction of sp³-hybridized carbons (Fsp3) is 0.556. The van der Waals surface area contributed by atoms with Crippen molar-refractivity contribution in [3.8, 4) is 0 Å². The molecule has 0 unspecified atom stereocenters. The minimum absolute atomic E-state index is 0.919. The largest absolute Gasteiger partial charge is 0.0772 e. The van der Waals surface area contributed by atoms with Crippen molar-refractivity contribution in [1.29, 1.82) is 0 Å². The molecule has 1 fully saturated rings. The topological polar surface area (TPSA) is 0 Å². The molecule has 0 aromatic carbocycles. The Kier molecular flexibility index (Phi) is 1.01. The van der Waals surface area contributed by atoms with Crippen LogP contribution in [-0.4, -0.2) is 0 Å².